The second-order valence-corrected chi connectivity index (χ2v) is 7.77. The van der Waals surface area contributed by atoms with E-state index in [0.717, 1.165) is 41.2 Å². The molecule has 7 nitrogen and oxygen atoms in total. The monoisotopic (exact) mass is 418 g/mol. The van der Waals surface area contributed by atoms with Crippen molar-refractivity contribution in [1.82, 2.24) is 19.7 Å². The van der Waals surface area contributed by atoms with Crippen LogP contribution in [0.25, 0.3) is 11.8 Å². The zero-order chi connectivity index (χ0) is 21.8. The Morgan fingerprint density at radius 1 is 1.16 bits per heavy atom. The van der Waals surface area contributed by atoms with Gasteiger partial charge in [0, 0.05) is 25.1 Å². The van der Waals surface area contributed by atoms with Crippen LogP contribution in [0.15, 0.2) is 59.4 Å². The van der Waals surface area contributed by atoms with Crippen molar-refractivity contribution in [3.8, 4) is 11.4 Å². The maximum atomic E-state index is 12.6. The summed E-state index contributed by atoms with van der Waals surface area (Å²) in [6.07, 6.45) is 4.93. The average molecular weight is 418 g/mol. The molecule has 1 saturated heterocycles. The predicted molar refractivity (Wildman–Crippen MR) is 120 cm³/mol. The quantitative estimate of drug-likeness (QED) is 0.645. The van der Waals surface area contributed by atoms with Gasteiger partial charge in [-0.3, -0.25) is 4.79 Å². The molecule has 160 valence electrons. The van der Waals surface area contributed by atoms with E-state index in [-0.39, 0.29) is 17.5 Å². The molecule has 0 spiro atoms. The molecule has 1 amide bonds. The molecular formula is C24H26N4O3. The number of carbonyl (C=O) groups excluding carboxylic acids is 1. The predicted octanol–water partition coefficient (Wildman–Crippen LogP) is 3.30. The Balaban J connectivity index is 1.42. The van der Waals surface area contributed by atoms with Gasteiger partial charge in [-0.05, 0) is 55.7 Å². The number of methoxy groups -OCH3 is 1. The number of hydrogen-bond acceptors (Lipinski definition) is 4. The number of hydrogen-bond donors (Lipinski definition) is 1. The number of aromatic nitrogens is 3. The molecule has 1 aromatic heterocycles. The minimum Gasteiger partial charge on any atom is -0.497 e. The van der Waals surface area contributed by atoms with E-state index < -0.39 is 0 Å². The lowest BCUT2D eigenvalue weighted by atomic mass is 9.95. The third-order valence-corrected chi connectivity index (χ3v) is 5.67. The number of nitrogens with zero attached hydrogens (tertiary/aromatic N) is 3. The van der Waals surface area contributed by atoms with Crippen LogP contribution in [-0.2, 0) is 4.79 Å². The topological polar surface area (TPSA) is 80.2 Å². The minimum atomic E-state index is -0.237. The largest absolute Gasteiger partial charge is 0.497 e. The van der Waals surface area contributed by atoms with E-state index in [2.05, 4.69) is 10.2 Å². The molecule has 4 rings (SSSR count). The molecule has 2 heterocycles. The maximum absolute atomic E-state index is 12.6. The number of piperidine rings is 1. The Bertz CT molecular complexity index is 1140. The van der Waals surface area contributed by atoms with E-state index in [0.29, 0.717) is 13.1 Å². The van der Waals surface area contributed by atoms with Crippen LogP contribution in [0, 0.1) is 6.92 Å². The van der Waals surface area contributed by atoms with Crippen molar-refractivity contribution >= 4 is 12.0 Å². The first kappa shape index (κ1) is 20.7. The molecule has 2 aromatic carbocycles. The van der Waals surface area contributed by atoms with Crippen molar-refractivity contribution in [3.05, 3.63) is 82.0 Å². The molecule has 0 unspecified atom stereocenters. The fraction of sp³-hybridized carbons (Fsp3) is 0.292. The number of carbonyl (C=O) groups is 1. The highest BCUT2D eigenvalue weighted by atomic mass is 16.5. The number of rotatable bonds is 5. The Kier molecular flexibility index (Phi) is 6.02. The Hall–Kier alpha value is -3.61. The lowest BCUT2D eigenvalue weighted by Crippen LogP contribution is -2.37. The standard InChI is InChI=1S/C24H26N4O3/c1-17-6-9-20(10-7-17)28-23(25-26-24(28)30)19-12-14-27(15-13-19)22(29)11-8-18-4-3-5-21(16-18)31-2/h3-11,16,19H,12-15H2,1-2H3,(H,26,30)/b11-8-. The van der Waals surface area contributed by atoms with Gasteiger partial charge in [0.05, 0.1) is 12.8 Å². The fourth-order valence-electron chi connectivity index (χ4n) is 3.90. The summed E-state index contributed by atoms with van der Waals surface area (Å²) in [5.74, 6) is 1.59. The Morgan fingerprint density at radius 2 is 1.90 bits per heavy atom. The third kappa shape index (κ3) is 4.60. The van der Waals surface area contributed by atoms with Crippen molar-refractivity contribution in [2.24, 2.45) is 0 Å². The molecule has 0 saturated carbocycles. The first-order valence-electron chi connectivity index (χ1n) is 10.4. The van der Waals surface area contributed by atoms with E-state index >= 15 is 0 Å². The SMILES string of the molecule is COc1cccc(/C=C\C(=O)N2CCC(c3n[nH]c(=O)n3-c3ccc(C)cc3)CC2)c1. The molecule has 31 heavy (non-hydrogen) atoms. The summed E-state index contributed by atoms with van der Waals surface area (Å²) in [4.78, 5) is 26.8. The van der Waals surface area contributed by atoms with Gasteiger partial charge in [-0.1, -0.05) is 29.8 Å². The van der Waals surface area contributed by atoms with E-state index in [1.165, 1.54) is 0 Å². The van der Waals surface area contributed by atoms with Crippen LogP contribution in [0.2, 0.25) is 0 Å². The number of H-pyrrole nitrogens is 1. The van der Waals surface area contributed by atoms with Gasteiger partial charge < -0.3 is 9.64 Å². The molecule has 0 atom stereocenters. The summed E-state index contributed by atoms with van der Waals surface area (Å²) in [5, 5.41) is 6.88. The van der Waals surface area contributed by atoms with E-state index in [4.69, 9.17) is 4.74 Å². The molecule has 1 aliphatic rings. The second-order valence-electron chi connectivity index (χ2n) is 7.77. The second kappa shape index (κ2) is 9.04. The highest BCUT2D eigenvalue weighted by Crippen LogP contribution is 2.27. The summed E-state index contributed by atoms with van der Waals surface area (Å²) in [6.45, 7) is 3.26. The fourth-order valence-corrected chi connectivity index (χ4v) is 3.90. The van der Waals surface area contributed by atoms with Crippen molar-refractivity contribution in [1.29, 1.82) is 0 Å². The van der Waals surface area contributed by atoms with Gasteiger partial charge in [-0.25, -0.2) is 14.5 Å². The number of likely N-dealkylation sites (tertiary alicyclic amines) is 1. The Labute approximate surface area is 181 Å². The van der Waals surface area contributed by atoms with Gasteiger partial charge in [0.15, 0.2) is 0 Å². The molecule has 1 N–H and O–H groups in total. The van der Waals surface area contributed by atoms with Crippen molar-refractivity contribution < 1.29 is 9.53 Å². The van der Waals surface area contributed by atoms with Crippen LogP contribution < -0.4 is 10.4 Å². The van der Waals surface area contributed by atoms with Crippen LogP contribution >= 0.6 is 0 Å². The molecule has 1 fully saturated rings. The molecule has 0 radical (unpaired) electrons. The van der Waals surface area contributed by atoms with Crippen molar-refractivity contribution in [3.63, 3.8) is 0 Å². The summed E-state index contributed by atoms with van der Waals surface area (Å²) in [6, 6.07) is 15.4. The van der Waals surface area contributed by atoms with Gasteiger partial charge in [-0.2, -0.15) is 5.10 Å². The minimum absolute atomic E-state index is 0.0146. The maximum Gasteiger partial charge on any atom is 0.347 e. The van der Waals surface area contributed by atoms with Crippen LogP contribution in [0.5, 0.6) is 5.75 Å². The van der Waals surface area contributed by atoms with Crippen molar-refractivity contribution in [2.75, 3.05) is 20.2 Å². The number of benzene rings is 2. The first-order valence-corrected chi connectivity index (χ1v) is 10.4. The molecule has 0 bridgehead atoms. The smallest absolute Gasteiger partial charge is 0.347 e. The average Bonchev–Trinajstić information content (AvgIpc) is 3.19. The van der Waals surface area contributed by atoms with Crippen LogP contribution in [0.3, 0.4) is 0 Å². The molecule has 0 aliphatic carbocycles. The summed E-state index contributed by atoms with van der Waals surface area (Å²) in [5.41, 5.74) is 2.62. The van der Waals surface area contributed by atoms with Gasteiger partial charge >= 0.3 is 5.69 Å². The van der Waals surface area contributed by atoms with Gasteiger partial charge in [-0.15, -0.1) is 0 Å². The molecule has 3 aromatic rings. The number of ether oxygens (including phenoxy) is 1. The first-order chi connectivity index (χ1) is 15.0. The van der Waals surface area contributed by atoms with Gasteiger partial charge in [0.25, 0.3) is 0 Å². The zero-order valence-corrected chi connectivity index (χ0v) is 17.7. The third-order valence-electron chi connectivity index (χ3n) is 5.67. The van der Waals surface area contributed by atoms with E-state index in [1.54, 1.807) is 23.8 Å². The van der Waals surface area contributed by atoms with E-state index in [1.807, 2.05) is 60.4 Å². The van der Waals surface area contributed by atoms with E-state index in [9.17, 15) is 9.59 Å². The van der Waals surface area contributed by atoms with Gasteiger partial charge in [0.2, 0.25) is 5.91 Å². The van der Waals surface area contributed by atoms with Crippen LogP contribution in [0.1, 0.15) is 35.7 Å². The Morgan fingerprint density at radius 3 is 2.61 bits per heavy atom. The van der Waals surface area contributed by atoms with Crippen molar-refractivity contribution in [2.45, 2.75) is 25.7 Å². The normalized spacial score (nSPS) is 14.8. The summed E-state index contributed by atoms with van der Waals surface area (Å²) >= 11 is 0. The van der Waals surface area contributed by atoms with Gasteiger partial charge in [0.1, 0.15) is 11.6 Å². The lowest BCUT2D eigenvalue weighted by molar-refractivity contribution is -0.127. The van der Waals surface area contributed by atoms with Crippen LogP contribution in [0.4, 0.5) is 0 Å². The molecule has 7 heteroatoms. The summed E-state index contributed by atoms with van der Waals surface area (Å²) < 4.78 is 6.86. The lowest BCUT2D eigenvalue weighted by Gasteiger charge is -2.30. The van der Waals surface area contributed by atoms with Crippen LogP contribution in [-0.4, -0.2) is 45.8 Å². The number of aromatic amines is 1. The zero-order valence-electron chi connectivity index (χ0n) is 17.7. The molecular weight excluding hydrogens is 392 g/mol. The number of nitrogens with one attached hydrogen (secondary N) is 1. The highest BCUT2D eigenvalue weighted by molar-refractivity contribution is 5.91. The number of amides is 1. The number of aryl methyl sites for hydroxylation is 1. The molecule has 1 aliphatic heterocycles. The highest BCUT2D eigenvalue weighted by Gasteiger charge is 2.27. The summed E-state index contributed by atoms with van der Waals surface area (Å²) in [7, 11) is 1.62.